The van der Waals surface area contributed by atoms with Gasteiger partial charge in [0.1, 0.15) is 5.82 Å². The van der Waals surface area contributed by atoms with Crippen LogP contribution in [0.1, 0.15) is 13.8 Å². The number of hydrogen-bond donors (Lipinski definition) is 1. The van der Waals surface area contributed by atoms with Crippen molar-refractivity contribution >= 4 is 11.5 Å². The molecule has 0 radical (unpaired) electrons. The van der Waals surface area contributed by atoms with Crippen LogP contribution in [0.15, 0.2) is 18.6 Å². The lowest BCUT2D eigenvalue weighted by atomic mass is 10.1. The van der Waals surface area contributed by atoms with Gasteiger partial charge in [0.05, 0.1) is 6.20 Å². The third-order valence-electron chi connectivity index (χ3n) is 2.06. The van der Waals surface area contributed by atoms with Crippen molar-refractivity contribution in [1.29, 1.82) is 0 Å². The van der Waals surface area contributed by atoms with E-state index < -0.39 is 5.60 Å². The molecule has 0 aliphatic heterocycles. The Morgan fingerprint density at radius 1 is 1.56 bits per heavy atom. The van der Waals surface area contributed by atoms with Crippen molar-refractivity contribution in [3.05, 3.63) is 18.6 Å². The van der Waals surface area contributed by atoms with Crippen LogP contribution in [0.4, 0.5) is 5.82 Å². The van der Waals surface area contributed by atoms with Gasteiger partial charge in [0.15, 0.2) is 5.60 Å². The molecule has 0 aliphatic carbocycles. The molecule has 0 amide bonds. The SMILES string of the molecule is C#CC(C)(C)Oc1nc(N)cn2ccnc12. The van der Waals surface area contributed by atoms with Crippen LogP contribution in [0.2, 0.25) is 0 Å². The second-order valence-electron chi connectivity index (χ2n) is 3.89. The van der Waals surface area contributed by atoms with E-state index in [1.54, 1.807) is 36.8 Å². The van der Waals surface area contributed by atoms with Crippen LogP contribution in [-0.4, -0.2) is 20.0 Å². The maximum Gasteiger partial charge on any atom is 0.261 e. The number of ether oxygens (including phenoxy) is 1. The molecule has 2 N–H and O–H groups in total. The van der Waals surface area contributed by atoms with Crippen LogP contribution in [-0.2, 0) is 0 Å². The lowest BCUT2D eigenvalue weighted by molar-refractivity contribution is 0.166. The van der Waals surface area contributed by atoms with Crippen LogP contribution in [0.3, 0.4) is 0 Å². The maximum absolute atomic E-state index is 5.65. The normalized spacial score (nSPS) is 11.3. The number of rotatable bonds is 2. The summed E-state index contributed by atoms with van der Waals surface area (Å²) in [7, 11) is 0. The summed E-state index contributed by atoms with van der Waals surface area (Å²) in [4.78, 5) is 8.21. The van der Waals surface area contributed by atoms with E-state index in [1.165, 1.54) is 0 Å². The number of hydrogen-bond acceptors (Lipinski definition) is 4. The fraction of sp³-hybridized carbons (Fsp3) is 0.273. The Morgan fingerprint density at radius 2 is 2.31 bits per heavy atom. The number of nitrogens with two attached hydrogens (primary N) is 1. The Bertz CT molecular complexity index is 565. The second kappa shape index (κ2) is 3.42. The maximum atomic E-state index is 5.65. The molecule has 2 aromatic heterocycles. The molecule has 82 valence electrons. The smallest absolute Gasteiger partial charge is 0.261 e. The zero-order valence-electron chi connectivity index (χ0n) is 9.14. The van der Waals surface area contributed by atoms with Crippen LogP contribution >= 0.6 is 0 Å². The third kappa shape index (κ3) is 1.77. The Balaban J connectivity index is 2.52. The molecule has 16 heavy (non-hydrogen) atoms. The average Bonchev–Trinajstić information content (AvgIpc) is 2.65. The molecular formula is C11H12N4O. The zero-order valence-corrected chi connectivity index (χ0v) is 9.14. The lowest BCUT2D eigenvalue weighted by Gasteiger charge is -2.19. The van der Waals surface area contributed by atoms with Gasteiger partial charge in [-0.05, 0) is 13.8 Å². The van der Waals surface area contributed by atoms with E-state index in [-0.39, 0.29) is 0 Å². The highest BCUT2D eigenvalue weighted by Crippen LogP contribution is 2.21. The van der Waals surface area contributed by atoms with Gasteiger partial charge in [-0.1, -0.05) is 5.92 Å². The number of nitrogens with zero attached hydrogens (tertiary/aromatic N) is 3. The minimum Gasteiger partial charge on any atom is -0.456 e. The van der Waals surface area contributed by atoms with Gasteiger partial charge in [-0.2, -0.15) is 4.98 Å². The monoisotopic (exact) mass is 216 g/mol. The van der Waals surface area contributed by atoms with Crippen molar-refractivity contribution in [1.82, 2.24) is 14.4 Å². The second-order valence-corrected chi connectivity index (χ2v) is 3.89. The third-order valence-corrected chi connectivity index (χ3v) is 2.06. The van der Waals surface area contributed by atoms with E-state index in [0.717, 1.165) is 0 Å². The summed E-state index contributed by atoms with van der Waals surface area (Å²) in [6.45, 7) is 3.55. The van der Waals surface area contributed by atoms with Crippen LogP contribution in [0.25, 0.3) is 5.65 Å². The molecule has 0 spiro atoms. The first-order valence-corrected chi connectivity index (χ1v) is 4.78. The molecule has 0 saturated heterocycles. The van der Waals surface area contributed by atoms with E-state index in [2.05, 4.69) is 15.9 Å². The van der Waals surface area contributed by atoms with E-state index in [9.17, 15) is 0 Å². The van der Waals surface area contributed by atoms with Crippen molar-refractivity contribution in [2.45, 2.75) is 19.4 Å². The highest BCUT2D eigenvalue weighted by atomic mass is 16.5. The molecular weight excluding hydrogens is 204 g/mol. The Morgan fingerprint density at radius 3 is 3.00 bits per heavy atom. The summed E-state index contributed by atoms with van der Waals surface area (Å²) in [5, 5.41) is 0. The fourth-order valence-electron chi connectivity index (χ4n) is 1.26. The average molecular weight is 216 g/mol. The molecule has 5 nitrogen and oxygen atoms in total. The number of terminal acetylenes is 1. The van der Waals surface area contributed by atoms with Gasteiger partial charge in [0.25, 0.3) is 5.88 Å². The van der Waals surface area contributed by atoms with Crippen molar-refractivity contribution in [2.24, 2.45) is 0 Å². The molecule has 2 heterocycles. The summed E-state index contributed by atoms with van der Waals surface area (Å²) >= 11 is 0. The first-order valence-electron chi connectivity index (χ1n) is 4.78. The molecule has 0 bridgehead atoms. The molecule has 2 rings (SSSR count). The molecule has 0 aliphatic rings. The molecule has 0 unspecified atom stereocenters. The summed E-state index contributed by atoms with van der Waals surface area (Å²) in [6.07, 6.45) is 10.4. The highest BCUT2D eigenvalue weighted by molar-refractivity contribution is 5.53. The van der Waals surface area contributed by atoms with E-state index in [0.29, 0.717) is 17.3 Å². The summed E-state index contributed by atoms with van der Waals surface area (Å²) in [5.41, 5.74) is 5.50. The van der Waals surface area contributed by atoms with Crippen LogP contribution < -0.4 is 10.5 Å². The highest BCUT2D eigenvalue weighted by Gasteiger charge is 2.19. The van der Waals surface area contributed by atoms with Gasteiger partial charge in [-0.25, -0.2) is 4.98 Å². The quantitative estimate of drug-likeness (QED) is 0.763. The Kier molecular flexibility index (Phi) is 2.20. The summed E-state index contributed by atoms with van der Waals surface area (Å²) in [5.74, 6) is 3.22. The first kappa shape index (κ1) is 10.3. The number of nitrogen functional groups attached to an aromatic ring is 1. The summed E-state index contributed by atoms with van der Waals surface area (Å²) in [6, 6.07) is 0. The molecule has 5 heteroatoms. The Hall–Kier alpha value is -2.22. The van der Waals surface area contributed by atoms with Crippen molar-refractivity contribution in [3.63, 3.8) is 0 Å². The molecule has 2 aromatic rings. The van der Waals surface area contributed by atoms with Crippen molar-refractivity contribution < 1.29 is 4.74 Å². The van der Waals surface area contributed by atoms with Crippen molar-refractivity contribution in [3.8, 4) is 18.2 Å². The van der Waals surface area contributed by atoms with Gasteiger partial charge < -0.3 is 10.5 Å². The number of anilines is 1. The molecule has 0 atom stereocenters. The van der Waals surface area contributed by atoms with E-state index in [4.69, 9.17) is 16.9 Å². The summed E-state index contributed by atoms with van der Waals surface area (Å²) < 4.78 is 7.33. The van der Waals surface area contributed by atoms with Crippen molar-refractivity contribution in [2.75, 3.05) is 5.73 Å². The number of fused-ring (bicyclic) bond motifs is 1. The minimum absolute atomic E-state index is 0.341. The van der Waals surface area contributed by atoms with Crippen LogP contribution in [0, 0.1) is 12.3 Å². The predicted molar refractivity (Wildman–Crippen MR) is 60.9 cm³/mol. The van der Waals surface area contributed by atoms with Gasteiger partial charge in [0.2, 0.25) is 5.65 Å². The number of imidazole rings is 1. The first-order chi connectivity index (χ1) is 7.52. The van der Waals surface area contributed by atoms with E-state index >= 15 is 0 Å². The van der Waals surface area contributed by atoms with Gasteiger partial charge in [-0.3, -0.25) is 4.40 Å². The van der Waals surface area contributed by atoms with Crippen LogP contribution in [0.5, 0.6) is 5.88 Å². The molecule has 0 aromatic carbocycles. The molecule has 0 saturated carbocycles. The zero-order chi connectivity index (χ0) is 11.8. The number of aromatic nitrogens is 3. The minimum atomic E-state index is -0.743. The van der Waals surface area contributed by atoms with Gasteiger partial charge >= 0.3 is 0 Å². The largest absolute Gasteiger partial charge is 0.456 e. The van der Waals surface area contributed by atoms with Gasteiger partial charge in [0, 0.05) is 12.4 Å². The standard InChI is InChI=1S/C11H12N4O/c1-4-11(2,3)16-10-9-13-5-6-15(9)7-8(12)14-10/h1,5-7H,12H2,2-3H3. The lowest BCUT2D eigenvalue weighted by Crippen LogP contribution is -2.26. The predicted octanol–water partition coefficient (Wildman–Crippen LogP) is 1.10. The van der Waals surface area contributed by atoms with E-state index in [1.807, 2.05) is 0 Å². The Labute approximate surface area is 93.3 Å². The molecule has 0 fully saturated rings. The van der Waals surface area contributed by atoms with Gasteiger partial charge in [-0.15, -0.1) is 6.42 Å². The topological polar surface area (TPSA) is 65.4 Å². The fourth-order valence-corrected chi connectivity index (χ4v) is 1.26.